The summed E-state index contributed by atoms with van der Waals surface area (Å²) in [6, 6.07) is 17.5. The Bertz CT molecular complexity index is 1170. The monoisotopic (exact) mass is 355 g/mol. The molecule has 2 aromatic heterocycles. The largest absolute Gasteiger partial charge is 0.345 e. The topological polar surface area (TPSA) is 72.7 Å². The number of amides is 1. The Labute approximate surface area is 155 Å². The molecule has 6 nitrogen and oxygen atoms in total. The van der Waals surface area contributed by atoms with E-state index < -0.39 is 0 Å². The molecule has 1 aliphatic heterocycles. The first-order valence-corrected chi connectivity index (χ1v) is 8.87. The van der Waals surface area contributed by atoms with Crippen LogP contribution in [-0.2, 0) is 6.42 Å². The van der Waals surface area contributed by atoms with Crippen LogP contribution in [0.1, 0.15) is 33.6 Å². The Morgan fingerprint density at radius 1 is 1.07 bits per heavy atom. The van der Waals surface area contributed by atoms with Gasteiger partial charge < -0.3 is 5.32 Å². The highest BCUT2D eigenvalue weighted by atomic mass is 16.2. The highest BCUT2D eigenvalue weighted by Crippen LogP contribution is 2.29. The van der Waals surface area contributed by atoms with E-state index in [4.69, 9.17) is 0 Å². The molecule has 5 rings (SSSR count). The van der Waals surface area contributed by atoms with Crippen LogP contribution in [0.15, 0.2) is 60.8 Å². The number of carbonyl (C=O) groups is 1. The molecule has 1 N–H and O–H groups in total. The van der Waals surface area contributed by atoms with Crippen molar-refractivity contribution in [1.29, 1.82) is 0 Å². The van der Waals surface area contributed by atoms with Gasteiger partial charge in [-0.3, -0.25) is 9.78 Å². The number of para-hydroxylation sites is 1. The number of carbonyl (C=O) groups excluding carboxylic acids is 1. The van der Waals surface area contributed by atoms with Gasteiger partial charge in [-0.05, 0) is 30.7 Å². The Kier molecular flexibility index (Phi) is 3.50. The molecule has 1 atom stereocenters. The predicted octanol–water partition coefficient (Wildman–Crippen LogP) is 3.15. The molecular formula is C21H17N5O. The van der Waals surface area contributed by atoms with Crippen LogP contribution in [0.2, 0.25) is 0 Å². The normalized spacial score (nSPS) is 15.7. The van der Waals surface area contributed by atoms with E-state index in [-0.39, 0.29) is 11.9 Å². The summed E-state index contributed by atoms with van der Waals surface area (Å²) < 4.78 is 1.84. The van der Waals surface area contributed by atoms with Gasteiger partial charge in [0.1, 0.15) is 11.6 Å². The number of hydrogen-bond acceptors (Lipinski definition) is 4. The Hall–Kier alpha value is -3.54. The molecule has 2 aromatic carbocycles. The second-order valence-electron chi connectivity index (χ2n) is 6.66. The number of rotatable bonds is 3. The van der Waals surface area contributed by atoms with Crippen molar-refractivity contribution in [1.82, 2.24) is 25.1 Å². The molecule has 1 aliphatic rings. The van der Waals surface area contributed by atoms with Crippen molar-refractivity contribution >= 4 is 16.8 Å². The fraction of sp³-hybridized carbons (Fsp3) is 0.143. The quantitative estimate of drug-likeness (QED) is 0.613. The molecule has 0 bridgehead atoms. The first-order chi connectivity index (χ1) is 13.2. The molecule has 1 unspecified atom stereocenters. The average Bonchev–Trinajstić information content (AvgIpc) is 3.21. The molecule has 6 heteroatoms. The van der Waals surface area contributed by atoms with Crippen molar-refractivity contribution in [2.45, 2.75) is 19.4 Å². The maximum absolute atomic E-state index is 12.2. The molecule has 3 heterocycles. The molecule has 1 amide bonds. The zero-order valence-electron chi connectivity index (χ0n) is 14.8. The number of hydrogen-bond donors (Lipinski definition) is 1. The van der Waals surface area contributed by atoms with Crippen LogP contribution in [0.25, 0.3) is 16.6 Å². The minimum atomic E-state index is -0.112. The molecule has 0 spiro atoms. The first kappa shape index (κ1) is 15.7. The van der Waals surface area contributed by atoms with E-state index in [9.17, 15) is 4.79 Å². The van der Waals surface area contributed by atoms with Gasteiger partial charge in [-0.2, -0.15) is 5.10 Å². The first-order valence-electron chi connectivity index (χ1n) is 8.87. The SMILES string of the molecule is Cc1nc(CC2NC(=O)c3ccccc32)n(-c2cccc3cccnc23)n1. The van der Waals surface area contributed by atoms with E-state index in [1.807, 2.05) is 66.2 Å². The van der Waals surface area contributed by atoms with Crippen molar-refractivity contribution in [2.24, 2.45) is 0 Å². The summed E-state index contributed by atoms with van der Waals surface area (Å²) in [6.45, 7) is 1.87. The van der Waals surface area contributed by atoms with Crippen LogP contribution in [0, 0.1) is 6.92 Å². The summed E-state index contributed by atoms with van der Waals surface area (Å²) in [5, 5.41) is 8.71. The average molecular weight is 355 g/mol. The van der Waals surface area contributed by atoms with Crippen LogP contribution >= 0.6 is 0 Å². The lowest BCUT2D eigenvalue weighted by molar-refractivity contribution is 0.0956. The van der Waals surface area contributed by atoms with Gasteiger partial charge in [-0.1, -0.05) is 36.4 Å². The fourth-order valence-corrected chi connectivity index (χ4v) is 3.71. The van der Waals surface area contributed by atoms with E-state index in [0.717, 1.165) is 33.5 Å². The maximum atomic E-state index is 12.2. The third-order valence-electron chi connectivity index (χ3n) is 4.89. The maximum Gasteiger partial charge on any atom is 0.252 e. The van der Waals surface area contributed by atoms with E-state index >= 15 is 0 Å². The molecular weight excluding hydrogens is 338 g/mol. The van der Waals surface area contributed by atoms with Crippen LogP contribution in [0.5, 0.6) is 0 Å². The lowest BCUT2D eigenvalue weighted by Crippen LogP contribution is -2.22. The van der Waals surface area contributed by atoms with Crippen LogP contribution in [-0.4, -0.2) is 25.7 Å². The highest BCUT2D eigenvalue weighted by molar-refractivity contribution is 5.99. The molecule has 0 aliphatic carbocycles. The van der Waals surface area contributed by atoms with Gasteiger partial charge in [-0.15, -0.1) is 0 Å². The molecule has 0 saturated heterocycles. The second kappa shape index (κ2) is 6.02. The van der Waals surface area contributed by atoms with Gasteiger partial charge in [0, 0.05) is 23.6 Å². The van der Waals surface area contributed by atoms with Crippen molar-refractivity contribution in [3.8, 4) is 5.69 Å². The number of benzene rings is 2. The highest BCUT2D eigenvalue weighted by Gasteiger charge is 2.29. The van der Waals surface area contributed by atoms with Gasteiger partial charge in [-0.25, -0.2) is 9.67 Å². The van der Waals surface area contributed by atoms with Gasteiger partial charge in [0.2, 0.25) is 0 Å². The Morgan fingerprint density at radius 3 is 2.85 bits per heavy atom. The summed E-state index contributed by atoms with van der Waals surface area (Å²) in [6.07, 6.45) is 2.34. The number of aryl methyl sites for hydroxylation is 1. The third kappa shape index (κ3) is 2.57. The van der Waals surface area contributed by atoms with E-state index in [1.165, 1.54) is 0 Å². The molecule has 132 valence electrons. The smallest absolute Gasteiger partial charge is 0.252 e. The van der Waals surface area contributed by atoms with Crippen molar-refractivity contribution in [2.75, 3.05) is 0 Å². The summed E-state index contributed by atoms with van der Waals surface area (Å²) >= 11 is 0. The predicted molar refractivity (Wildman–Crippen MR) is 102 cm³/mol. The lowest BCUT2D eigenvalue weighted by Gasteiger charge is -2.13. The zero-order valence-corrected chi connectivity index (χ0v) is 14.8. The third-order valence-corrected chi connectivity index (χ3v) is 4.89. The zero-order chi connectivity index (χ0) is 18.4. The van der Waals surface area contributed by atoms with Crippen molar-refractivity contribution < 1.29 is 4.79 Å². The summed E-state index contributed by atoms with van der Waals surface area (Å²) in [5.41, 5.74) is 3.51. The van der Waals surface area contributed by atoms with Crippen LogP contribution < -0.4 is 5.32 Å². The molecule has 0 radical (unpaired) electrons. The lowest BCUT2D eigenvalue weighted by atomic mass is 10.0. The second-order valence-corrected chi connectivity index (χ2v) is 6.66. The number of pyridine rings is 1. The minimum absolute atomic E-state index is 0.0368. The summed E-state index contributed by atoms with van der Waals surface area (Å²) in [5.74, 6) is 1.45. The van der Waals surface area contributed by atoms with Gasteiger partial charge in [0.25, 0.3) is 5.91 Å². The molecule has 27 heavy (non-hydrogen) atoms. The van der Waals surface area contributed by atoms with Gasteiger partial charge in [0.05, 0.1) is 17.2 Å². The molecule has 4 aromatic rings. The van der Waals surface area contributed by atoms with Gasteiger partial charge >= 0.3 is 0 Å². The number of aromatic nitrogens is 4. The fourth-order valence-electron chi connectivity index (χ4n) is 3.71. The Balaban J connectivity index is 1.59. The van der Waals surface area contributed by atoms with E-state index in [0.29, 0.717) is 12.2 Å². The van der Waals surface area contributed by atoms with E-state index in [2.05, 4.69) is 20.4 Å². The van der Waals surface area contributed by atoms with Crippen molar-refractivity contribution in [3.63, 3.8) is 0 Å². The van der Waals surface area contributed by atoms with Crippen LogP contribution in [0.3, 0.4) is 0 Å². The minimum Gasteiger partial charge on any atom is -0.345 e. The van der Waals surface area contributed by atoms with Crippen molar-refractivity contribution in [3.05, 3.63) is 83.6 Å². The van der Waals surface area contributed by atoms with E-state index in [1.54, 1.807) is 6.20 Å². The van der Waals surface area contributed by atoms with Gasteiger partial charge in [0.15, 0.2) is 0 Å². The number of nitrogens with one attached hydrogen (secondary N) is 1. The number of fused-ring (bicyclic) bond motifs is 2. The number of nitrogens with zero attached hydrogens (tertiary/aromatic N) is 4. The molecule has 0 fully saturated rings. The standard InChI is InChI=1S/C21H17N5O/c1-13-23-19(12-17-15-8-2-3-9-16(15)21(27)24-17)26(25-13)18-10-4-6-14-7-5-11-22-20(14)18/h2-11,17H,12H2,1H3,(H,24,27). The van der Waals surface area contributed by atoms with Crippen LogP contribution in [0.4, 0.5) is 0 Å². The Morgan fingerprint density at radius 2 is 1.93 bits per heavy atom. The molecule has 0 saturated carbocycles. The summed E-state index contributed by atoms with van der Waals surface area (Å²) in [7, 11) is 0. The summed E-state index contributed by atoms with van der Waals surface area (Å²) in [4.78, 5) is 21.4.